The predicted molar refractivity (Wildman–Crippen MR) is 142 cm³/mol. The van der Waals surface area contributed by atoms with Crippen LogP contribution in [0.2, 0.25) is 0 Å². The monoisotopic (exact) mass is 578 g/mol. The summed E-state index contributed by atoms with van der Waals surface area (Å²) in [6, 6.07) is 17.5. The van der Waals surface area contributed by atoms with E-state index in [0.29, 0.717) is 28.0 Å². The average molecular weight is 579 g/mol. The molecule has 0 aliphatic carbocycles. The normalized spacial score (nSPS) is 25.7. The molecule has 0 saturated carbocycles. The summed E-state index contributed by atoms with van der Waals surface area (Å²) in [5, 5.41) is 26.5. The van der Waals surface area contributed by atoms with Gasteiger partial charge in [-0.2, -0.15) is 0 Å². The number of anilines is 1. The van der Waals surface area contributed by atoms with Crippen LogP contribution < -0.4 is 10.1 Å². The van der Waals surface area contributed by atoms with E-state index in [9.17, 15) is 25.0 Å². The maximum Gasteiger partial charge on any atom is 0.269 e. The number of rotatable bonds is 6. The first-order valence-corrected chi connectivity index (χ1v) is 13.1. The Kier molecular flexibility index (Phi) is 5.92. The molecule has 2 fully saturated rings. The fourth-order valence-electron chi connectivity index (χ4n) is 6.49. The Bertz CT molecular complexity index is 1460. The highest BCUT2D eigenvalue weighted by Gasteiger charge is 2.73. The molecule has 1 N–H and O–H groups in total. The van der Waals surface area contributed by atoms with Crippen molar-refractivity contribution < 1.29 is 19.4 Å². The van der Waals surface area contributed by atoms with Crippen molar-refractivity contribution in [2.75, 3.05) is 11.9 Å². The molecule has 4 atom stereocenters. The molecule has 3 heterocycles. The second kappa shape index (κ2) is 9.17. The molecule has 1 spiro atoms. The fraction of sp³-hybridized carbons (Fsp3) is 0.296. The van der Waals surface area contributed by atoms with Crippen LogP contribution in [0.1, 0.15) is 35.4 Å². The zero-order chi connectivity index (χ0) is 26.6. The number of non-ortho nitro benzene ring substituents is 1. The van der Waals surface area contributed by atoms with Crippen molar-refractivity contribution in [1.29, 1.82) is 0 Å². The number of nitrogens with one attached hydrogen (secondary N) is 1. The minimum Gasteiger partial charge on any atom is -0.488 e. The molecule has 6 rings (SSSR count). The molecule has 1 amide bonds. The zero-order valence-electron chi connectivity index (χ0n) is 20.1. The highest BCUT2D eigenvalue weighted by atomic mass is 79.9. The number of carbonyl (C=O) groups excluding carboxylic acids is 1. The summed E-state index contributed by atoms with van der Waals surface area (Å²) in [7, 11) is 0. The molecule has 0 unspecified atom stereocenters. The lowest BCUT2D eigenvalue weighted by Gasteiger charge is -2.32. The smallest absolute Gasteiger partial charge is 0.269 e. The molecule has 2 saturated heterocycles. The highest BCUT2D eigenvalue weighted by Crippen LogP contribution is 2.58. The summed E-state index contributed by atoms with van der Waals surface area (Å²) < 4.78 is 6.57. The van der Waals surface area contributed by atoms with Gasteiger partial charge in [-0.25, -0.2) is 0 Å². The fourth-order valence-corrected chi connectivity index (χ4v) is 7.00. The van der Waals surface area contributed by atoms with E-state index in [4.69, 9.17) is 4.74 Å². The van der Waals surface area contributed by atoms with Gasteiger partial charge >= 0.3 is 0 Å². The molecule has 194 valence electrons. The number of benzene rings is 3. The van der Waals surface area contributed by atoms with E-state index in [1.54, 1.807) is 24.3 Å². The van der Waals surface area contributed by atoms with Crippen LogP contribution in [0.5, 0.6) is 5.75 Å². The summed E-state index contributed by atoms with van der Waals surface area (Å²) in [5.41, 5.74) is 1.49. The van der Waals surface area contributed by atoms with Crippen molar-refractivity contribution in [2.45, 2.75) is 43.0 Å². The number of para-hydroxylation sites is 1. The van der Waals surface area contributed by atoms with Crippen LogP contribution in [0.25, 0.3) is 0 Å². The lowest BCUT2D eigenvalue weighted by Crippen LogP contribution is -2.55. The van der Waals surface area contributed by atoms with Gasteiger partial charge in [0, 0.05) is 40.9 Å². The van der Waals surface area contributed by atoms with Crippen LogP contribution in [-0.2, 0) is 16.9 Å². The van der Waals surface area contributed by atoms with Crippen molar-refractivity contribution in [3.63, 3.8) is 0 Å². The molecule has 10 nitrogen and oxygen atoms in total. The van der Waals surface area contributed by atoms with Gasteiger partial charge in [-0.3, -0.25) is 29.9 Å². The minimum absolute atomic E-state index is 0.00786. The third-order valence-electron chi connectivity index (χ3n) is 7.98. The molecule has 3 aromatic rings. The largest absolute Gasteiger partial charge is 0.488 e. The molecule has 38 heavy (non-hydrogen) atoms. The van der Waals surface area contributed by atoms with E-state index in [2.05, 4.69) is 26.1 Å². The van der Waals surface area contributed by atoms with E-state index < -0.39 is 22.4 Å². The standard InChI is InChI=1S/C27H23BrN4O6/c28-20-14-17(9-12-23(20)38-15-16-7-10-18(11-8-16)31(34)35)24-22-6-3-13-30(22)27(25(24)32(36)37)19-4-1-2-5-21(19)29-26(27)33/h1-2,4-5,7-12,14,22,24-25H,3,6,13,15H2,(H,29,33)/t22-,24-,25+,27-/m0/s1. The van der Waals surface area contributed by atoms with E-state index in [1.165, 1.54) is 12.1 Å². The Labute approximate surface area is 226 Å². The number of halogens is 1. The van der Waals surface area contributed by atoms with Crippen LogP contribution in [0.15, 0.2) is 71.2 Å². The summed E-state index contributed by atoms with van der Waals surface area (Å²) in [5.74, 6) is -0.286. The third-order valence-corrected chi connectivity index (χ3v) is 8.60. The molecule has 3 aliphatic rings. The second-order valence-electron chi connectivity index (χ2n) is 9.83. The van der Waals surface area contributed by atoms with Crippen molar-refractivity contribution >= 4 is 33.2 Å². The SMILES string of the molecule is O=C1Nc2ccccc2[C@]12[C@H]([N+](=O)[O-])[C@@H](c1ccc(OCc3ccc([N+](=O)[O-])cc3)c(Br)c1)[C@@H]1CCCN12. The van der Waals surface area contributed by atoms with Gasteiger partial charge in [0.2, 0.25) is 0 Å². The van der Waals surface area contributed by atoms with Gasteiger partial charge in [0.1, 0.15) is 12.4 Å². The van der Waals surface area contributed by atoms with Crippen molar-refractivity contribution in [2.24, 2.45) is 0 Å². The van der Waals surface area contributed by atoms with Crippen LogP contribution in [0.3, 0.4) is 0 Å². The van der Waals surface area contributed by atoms with Crippen LogP contribution in [0, 0.1) is 20.2 Å². The molecule has 0 bridgehead atoms. The Balaban J connectivity index is 1.33. The highest BCUT2D eigenvalue weighted by molar-refractivity contribution is 9.10. The quantitative estimate of drug-likeness (QED) is 0.322. The van der Waals surface area contributed by atoms with Crippen LogP contribution in [0.4, 0.5) is 11.4 Å². The molecular formula is C27H23BrN4O6. The number of nitro benzene ring substituents is 1. The van der Waals surface area contributed by atoms with Gasteiger partial charge < -0.3 is 10.1 Å². The molecule has 3 aromatic carbocycles. The predicted octanol–water partition coefficient (Wildman–Crippen LogP) is 4.99. The first-order valence-electron chi connectivity index (χ1n) is 12.3. The van der Waals surface area contributed by atoms with E-state index in [-0.39, 0.29) is 29.2 Å². The molecule has 0 radical (unpaired) electrons. The van der Waals surface area contributed by atoms with Crippen LogP contribution >= 0.6 is 15.9 Å². The Morgan fingerprint density at radius 1 is 1.08 bits per heavy atom. The van der Waals surface area contributed by atoms with Gasteiger partial charge in [0.15, 0.2) is 5.54 Å². The molecule has 11 heteroatoms. The molecule has 3 aliphatic heterocycles. The number of ether oxygens (including phenoxy) is 1. The summed E-state index contributed by atoms with van der Waals surface area (Å²) in [4.78, 5) is 38.5. The van der Waals surface area contributed by atoms with Gasteiger partial charge in [0.25, 0.3) is 17.6 Å². The number of fused-ring (bicyclic) bond motifs is 4. The first kappa shape index (κ1) is 24.5. The van der Waals surface area contributed by atoms with E-state index >= 15 is 0 Å². The Morgan fingerprint density at radius 2 is 1.84 bits per heavy atom. The minimum atomic E-state index is -1.36. The van der Waals surface area contributed by atoms with Gasteiger partial charge in [-0.05, 0) is 70.2 Å². The number of carbonyl (C=O) groups is 1. The lowest BCUT2D eigenvalue weighted by molar-refractivity contribution is -0.534. The maximum absolute atomic E-state index is 13.6. The summed E-state index contributed by atoms with van der Waals surface area (Å²) in [6.07, 6.45) is 1.63. The third kappa shape index (κ3) is 3.60. The van der Waals surface area contributed by atoms with Crippen LogP contribution in [-0.4, -0.2) is 39.3 Å². The Morgan fingerprint density at radius 3 is 2.55 bits per heavy atom. The number of nitro groups is 2. The maximum atomic E-state index is 13.6. The first-order chi connectivity index (χ1) is 18.3. The zero-order valence-corrected chi connectivity index (χ0v) is 21.7. The summed E-state index contributed by atoms with van der Waals surface area (Å²) in [6.45, 7) is 0.818. The van der Waals surface area contributed by atoms with E-state index in [1.807, 2.05) is 30.3 Å². The van der Waals surface area contributed by atoms with E-state index in [0.717, 1.165) is 24.0 Å². The number of nitrogens with zero attached hydrogens (tertiary/aromatic N) is 3. The topological polar surface area (TPSA) is 128 Å². The Hall–Kier alpha value is -3.83. The van der Waals surface area contributed by atoms with Crippen molar-refractivity contribution in [1.82, 2.24) is 4.90 Å². The lowest BCUT2D eigenvalue weighted by atomic mass is 9.77. The van der Waals surface area contributed by atoms with Gasteiger partial charge in [0.05, 0.1) is 15.3 Å². The average Bonchev–Trinajstić information content (AvgIpc) is 3.56. The van der Waals surface area contributed by atoms with Gasteiger partial charge in [-0.1, -0.05) is 24.3 Å². The van der Waals surface area contributed by atoms with Crippen molar-refractivity contribution in [3.05, 3.63) is 108 Å². The number of amides is 1. The molecule has 0 aromatic heterocycles. The summed E-state index contributed by atoms with van der Waals surface area (Å²) >= 11 is 3.56. The second-order valence-corrected chi connectivity index (χ2v) is 10.7. The number of hydrogen-bond acceptors (Lipinski definition) is 7. The molecular weight excluding hydrogens is 556 g/mol. The van der Waals surface area contributed by atoms with Crippen molar-refractivity contribution in [3.8, 4) is 5.75 Å². The van der Waals surface area contributed by atoms with Gasteiger partial charge in [-0.15, -0.1) is 0 Å². The number of hydrogen-bond donors (Lipinski definition) is 1.